The summed E-state index contributed by atoms with van der Waals surface area (Å²) in [6.45, 7) is 4.77. The van der Waals surface area contributed by atoms with E-state index in [9.17, 15) is 10.1 Å². The maximum Gasteiger partial charge on any atom is 0.266 e. The van der Waals surface area contributed by atoms with Gasteiger partial charge < -0.3 is 14.8 Å². The predicted molar refractivity (Wildman–Crippen MR) is 115 cm³/mol. The Hall–Kier alpha value is -3.78. The first kappa shape index (κ1) is 20.0. The molecule has 0 aliphatic rings. The molecule has 3 aromatic carbocycles. The van der Waals surface area contributed by atoms with E-state index in [1.165, 1.54) is 6.08 Å². The second-order valence-electron chi connectivity index (χ2n) is 6.22. The topological polar surface area (TPSA) is 71.3 Å². The third kappa shape index (κ3) is 4.74. The monoisotopic (exact) mass is 386 g/mol. The van der Waals surface area contributed by atoms with Crippen LogP contribution >= 0.6 is 0 Å². The normalized spacial score (nSPS) is 11.0. The zero-order chi connectivity index (χ0) is 20.6. The number of ether oxygens (including phenoxy) is 2. The van der Waals surface area contributed by atoms with Crippen molar-refractivity contribution in [2.24, 2.45) is 0 Å². The zero-order valence-corrected chi connectivity index (χ0v) is 16.4. The number of anilines is 1. The van der Waals surface area contributed by atoms with E-state index in [0.29, 0.717) is 36.0 Å². The van der Waals surface area contributed by atoms with Gasteiger partial charge in [-0.3, -0.25) is 4.79 Å². The molecule has 146 valence electrons. The largest absolute Gasteiger partial charge is 0.494 e. The first-order chi connectivity index (χ1) is 14.2. The summed E-state index contributed by atoms with van der Waals surface area (Å²) in [6, 6.07) is 20.7. The van der Waals surface area contributed by atoms with Crippen LogP contribution in [-0.2, 0) is 4.79 Å². The van der Waals surface area contributed by atoms with E-state index in [1.807, 2.05) is 62.4 Å². The summed E-state index contributed by atoms with van der Waals surface area (Å²) < 4.78 is 11.2. The zero-order valence-electron chi connectivity index (χ0n) is 16.4. The highest BCUT2D eigenvalue weighted by atomic mass is 16.5. The van der Waals surface area contributed by atoms with Gasteiger partial charge in [0.05, 0.1) is 13.2 Å². The number of nitrogens with one attached hydrogen (secondary N) is 1. The molecular formula is C24H22N2O3. The summed E-state index contributed by atoms with van der Waals surface area (Å²) in [5.74, 6) is 0.760. The molecule has 0 spiro atoms. The van der Waals surface area contributed by atoms with E-state index in [0.717, 1.165) is 10.8 Å². The highest BCUT2D eigenvalue weighted by Gasteiger charge is 2.13. The third-order valence-corrected chi connectivity index (χ3v) is 4.30. The van der Waals surface area contributed by atoms with Crippen molar-refractivity contribution < 1.29 is 14.3 Å². The Bertz CT molecular complexity index is 1090. The molecule has 3 aromatic rings. The molecule has 0 aliphatic heterocycles. The van der Waals surface area contributed by atoms with Crippen LogP contribution in [0.1, 0.15) is 19.4 Å². The molecule has 0 heterocycles. The van der Waals surface area contributed by atoms with E-state index in [2.05, 4.69) is 5.32 Å². The van der Waals surface area contributed by atoms with Crippen LogP contribution < -0.4 is 14.8 Å². The number of rotatable bonds is 7. The van der Waals surface area contributed by atoms with Crippen molar-refractivity contribution >= 4 is 28.4 Å². The highest BCUT2D eigenvalue weighted by molar-refractivity contribution is 6.13. The van der Waals surface area contributed by atoms with Crippen LogP contribution in [0.5, 0.6) is 11.5 Å². The molecule has 0 fully saturated rings. The van der Waals surface area contributed by atoms with Crippen molar-refractivity contribution in [3.8, 4) is 17.6 Å². The van der Waals surface area contributed by atoms with Crippen molar-refractivity contribution in [1.29, 1.82) is 5.26 Å². The number of hydrogen-bond donors (Lipinski definition) is 1. The number of hydrogen-bond acceptors (Lipinski definition) is 4. The van der Waals surface area contributed by atoms with Crippen molar-refractivity contribution in [2.75, 3.05) is 18.5 Å². The predicted octanol–water partition coefficient (Wildman–Crippen LogP) is 5.18. The lowest BCUT2D eigenvalue weighted by Gasteiger charge is -2.11. The van der Waals surface area contributed by atoms with Gasteiger partial charge in [0.1, 0.15) is 23.1 Å². The second kappa shape index (κ2) is 9.43. The molecular weight excluding hydrogens is 364 g/mol. The van der Waals surface area contributed by atoms with Gasteiger partial charge in [0.25, 0.3) is 5.91 Å². The molecule has 5 nitrogen and oxygen atoms in total. The maximum absolute atomic E-state index is 12.8. The fourth-order valence-electron chi connectivity index (χ4n) is 3.00. The number of amides is 1. The second-order valence-corrected chi connectivity index (χ2v) is 6.22. The van der Waals surface area contributed by atoms with Gasteiger partial charge in [-0.1, -0.05) is 36.4 Å². The summed E-state index contributed by atoms with van der Waals surface area (Å²) in [4.78, 5) is 12.8. The quantitative estimate of drug-likeness (QED) is 0.448. The lowest BCUT2D eigenvalue weighted by Crippen LogP contribution is -2.13. The Morgan fingerprint density at radius 1 is 1.03 bits per heavy atom. The van der Waals surface area contributed by atoms with Crippen molar-refractivity contribution in [1.82, 2.24) is 0 Å². The summed E-state index contributed by atoms with van der Waals surface area (Å²) in [6.07, 6.45) is 1.53. The molecule has 0 saturated carbocycles. The molecule has 0 aromatic heterocycles. The molecule has 0 atom stereocenters. The number of carbonyl (C=O) groups is 1. The molecule has 0 saturated heterocycles. The van der Waals surface area contributed by atoms with Crippen LogP contribution in [0.3, 0.4) is 0 Å². The lowest BCUT2D eigenvalue weighted by molar-refractivity contribution is -0.112. The van der Waals surface area contributed by atoms with Gasteiger partial charge in [0.2, 0.25) is 0 Å². The SMILES string of the molecule is CCOc1ccc(/C=C(\C#N)C(=O)Nc2cccc3ccccc23)c(OCC)c1. The van der Waals surface area contributed by atoms with Crippen LogP contribution in [0.2, 0.25) is 0 Å². The molecule has 0 bridgehead atoms. The van der Waals surface area contributed by atoms with Crippen molar-refractivity contribution in [3.05, 3.63) is 71.8 Å². The van der Waals surface area contributed by atoms with E-state index in [4.69, 9.17) is 9.47 Å². The van der Waals surface area contributed by atoms with E-state index in [1.54, 1.807) is 18.2 Å². The van der Waals surface area contributed by atoms with Crippen LogP contribution in [0.25, 0.3) is 16.8 Å². The number of nitrogens with zero attached hydrogens (tertiary/aromatic N) is 1. The minimum atomic E-state index is -0.472. The summed E-state index contributed by atoms with van der Waals surface area (Å²) in [5.41, 5.74) is 1.29. The molecule has 3 rings (SSSR count). The Labute approximate surface area is 170 Å². The number of fused-ring (bicyclic) bond motifs is 1. The minimum absolute atomic E-state index is 0.0111. The molecule has 0 aliphatic carbocycles. The van der Waals surface area contributed by atoms with Gasteiger partial charge in [-0.05, 0) is 43.5 Å². The first-order valence-corrected chi connectivity index (χ1v) is 9.46. The smallest absolute Gasteiger partial charge is 0.266 e. The Kier molecular flexibility index (Phi) is 6.49. The average molecular weight is 386 g/mol. The summed E-state index contributed by atoms with van der Waals surface area (Å²) in [7, 11) is 0. The van der Waals surface area contributed by atoms with Crippen LogP contribution in [0.4, 0.5) is 5.69 Å². The number of carbonyl (C=O) groups excluding carboxylic acids is 1. The van der Waals surface area contributed by atoms with Crippen molar-refractivity contribution in [3.63, 3.8) is 0 Å². The Balaban J connectivity index is 1.91. The standard InChI is InChI=1S/C24H22N2O3/c1-3-28-20-13-12-18(23(15-20)29-4-2)14-19(16-25)24(27)26-22-11-7-9-17-8-5-6-10-21(17)22/h5-15H,3-4H2,1-2H3,(H,26,27)/b19-14+. The van der Waals surface area contributed by atoms with Gasteiger partial charge in [-0.15, -0.1) is 0 Å². The lowest BCUT2D eigenvalue weighted by atomic mass is 10.1. The van der Waals surface area contributed by atoms with Gasteiger partial charge >= 0.3 is 0 Å². The van der Waals surface area contributed by atoms with Gasteiger partial charge in [0, 0.05) is 22.7 Å². The van der Waals surface area contributed by atoms with E-state index < -0.39 is 5.91 Å². The first-order valence-electron chi connectivity index (χ1n) is 9.46. The van der Waals surface area contributed by atoms with E-state index >= 15 is 0 Å². The van der Waals surface area contributed by atoms with Crippen LogP contribution in [0, 0.1) is 11.3 Å². The Morgan fingerprint density at radius 2 is 1.79 bits per heavy atom. The fraction of sp³-hybridized carbons (Fsp3) is 0.167. The molecule has 5 heteroatoms. The maximum atomic E-state index is 12.8. The Morgan fingerprint density at radius 3 is 2.55 bits per heavy atom. The highest BCUT2D eigenvalue weighted by Crippen LogP contribution is 2.28. The number of benzene rings is 3. The van der Waals surface area contributed by atoms with E-state index in [-0.39, 0.29) is 5.57 Å². The van der Waals surface area contributed by atoms with Gasteiger partial charge in [0.15, 0.2) is 0 Å². The van der Waals surface area contributed by atoms with Crippen LogP contribution in [-0.4, -0.2) is 19.1 Å². The molecule has 0 radical (unpaired) electrons. The van der Waals surface area contributed by atoms with Gasteiger partial charge in [-0.25, -0.2) is 0 Å². The van der Waals surface area contributed by atoms with Crippen LogP contribution in [0.15, 0.2) is 66.2 Å². The summed E-state index contributed by atoms with van der Waals surface area (Å²) in [5, 5.41) is 14.3. The fourth-order valence-corrected chi connectivity index (χ4v) is 3.00. The van der Waals surface area contributed by atoms with Crippen molar-refractivity contribution in [2.45, 2.75) is 13.8 Å². The molecule has 1 N–H and O–H groups in total. The molecule has 1 amide bonds. The third-order valence-electron chi connectivity index (χ3n) is 4.30. The summed E-state index contributed by atoms with van der Waals surface area (Å²) >= 11 is 0. The average Bonchev–Trinajstić information content (AvgIpc) is 2.74. The minimum Gasteiger partial charge on any atom is -0.494 e. The molecule has 29 heavy (non-hydrogen) atoms. The van der Waals surface area contributed by atoms with Gasteiger partial charge in [-0.2, -0.15) is 5.26 Å². The molecule has 0 unspecified atom stereocenters. The number of nitriles is 1.